The minimum Gasteiger partial charge on any atom is -0.367 e. The van der Waals surface area contributed by atoms with Gasteiger partial charge in [0.2, 0.25) is 0 Å². The van der Waals surface area contributed by atoms with Gasteiger partial charge in [-0.05, 0) is 32.2 Å². The third-order valence-electron chi connectivity index (χ3n) is 3.44. The normalized spacial score (nSPS) is 19.8. The molecule has 5 heteroatoms. The van der Waals surface area contributed by atoms with Gasteiger partial charge in [-0.2, -0.15) is 0 Å². The molecule has 3 N–H and O–H groups in total. The van der Waals surface area contributed by atoms with Crippen LogP contribution in [0.4, 0.5) is 0 Å². The molecule has 0 bridgehead atoms. The van der Waals surface area contributed by atoms with E-state index >= 15 is 0 Å². The van der Waals surface area contributed by atoms with Gasteiger partial charge >= 0.3 is 0 Å². The Hall–Kier alpha value is -1.62. The van der Waals surface area contributed by atoms with E-state index in [2.05, 4.69) is 4.98 Å². The summed E-state index contributed by atoms with van der Waals surface area (Å²) in [5, 5.41) is 0. The molecule has 0 radical (unpaired) electrons. The van der Waals surface area contributed by atoms with Gasteiger partial charge in [-0.15, -0.1) is 0 Å². The molecule has 1 unspecified atom stereocenters. The largest absolute Gasteiger partial charge is 0.367 e. The summed E-state index contributed by atoms with van der Waals surface area (Å²) in [6, 6.07) is 1.56. The maximum absolute atomic E-state index is 12.4. The molecule has 0 aromatic carbocycles. The lowest BCUT2D eigenvalue weighted by atomic mass is 9.98. The Morgan fingerprint density at radius 2 is 2.33 bits per heavy atom. The van der Waals surface area contributed by atoms with Crippen LogP contribution in [-0.2, 0) is 0 Å². The maximum atomic E-state index is 12.4. The molecule has 2 heterocycles. The second-order valence-corrected chi connectivity index (χ2v) is 4.65. The molecular formula is C13H19N3O2. The SMILES string of the molecule is NCCC1CCCCN1C(=O)c1c[nH]ccc1=O. The second kappa shape index (κ2) is 5.82. The van der Waals surface area contributed by atoms with Gasteiger partial charge in [0, 0.05) is 31.0 Å². The fourth-order valence-corrected chi connectivity index (χ4v) is 2.50. The summed E-state index contributed by atoms with van der Waals surface area (Å²) in [6.45, 7) is 1.29. The van der Waals surface area contributed by atoms with E-state index in [1.807, 2.05) is 0 Å². The van der Waals surface area contributed by atoms with Gasteiger partial charge in [-0.3, -0.25) is 9.59 Å². The van der Waals surface area contributed by atoms with Crippen LogP contribution in [0, 0.1) is 0 Å². The van der Waals surface area contributed by atoms with Crippen molar-refractivity contribution in [2.45, 2.75) is 31.7 Å². The molecule has 1 saturated heterocycles. The number of carbonyl (C=O) groups is 1. The number of hydrogen-bond acceptors (Lipinski definition) is 3. The van der Waals surface area contributed by atoms with Crippen LogP contribution in [0.1, 0.15) is 36.0 Å². The lowest BCUT2D eigenvalue weighted by Crippen LogP contribution is -2.45. The van der Waals surface area contributed by atoms with Crippen LogP contribution in [-0.4, -0.2) is 34.9 Å². The number of nitrogens with two attached hydrogens (primary N) is 1. The molecule has 0 spiro atoms. The van der Waals surface area contributed by atoms with Crippen molar-refractivity contribution in [2.75, 3.05) is 13.1 Å². The lowest BCUT2D eigenvalue weighted by molar-refractivity contribution is 0.0603. The van der Waals surface area contributed by atoms with Gasteiger partial charge in [-0.25, -0.2) is 0 Å². The van der Waals surface area contributed by atoms with Crippen molar-refractivity contribution in [1.29, 1.82) is 0 Å². The predicted octanol–water partition coefficient (Wildman–Crippen LogP) is 0.718. The van der Waals surface area contributed by atoms with Crippen LogP contribution in [0.5, 0.6) is 0 Å². The zero-order chi connectivity index (χ0) is 13.0. The number of likely N-dealkylation sites (tertiary alicyclic amines) is 1. The Bertz CT molecular complexity index is 467. The number of aromatic nitrogens is 1. The number of carbonyl (C=O) groups excluding carboxylic acids is 1. The Morgan fingerprint density at radius 3 is 3.06 bits per heavy atom. The molecule has 18 heavy (non-hydrogen) atoms. The van der Waals surface area contributed by atoms with Crippen LogP contribution >= 0.6 is 0 Å². The van der Waals surface area contributed by atoms with Crippen LogP contribution in [0.3, 0.4) is 0 Å². The van der Waals surface area contributed by atoms with Crippen LogP contribution in [0.25, 0.3) is 0 Å². The number of nitrogens with zero attached hydrogens (tertiary/aromatic N) is 1. The number of piperidine rings is 1. The fourth-order valence-electron chi connectivity index (χ4n) is 2.50. The highest BCUT2D eigenvalue weighted by Gasteiger charge is 2.27. The number of aromatic amines is 1. The standard InChI is InChI=1S/C13H19N3O2/c14-6-4-10-3-1-2-8-16(10)13(18)11-9-15-7-5-12(11)17/h5,7,9-10H,1-4,6,8,14H2,(H,15,17). The van der Waals surface area contributed by atoms with E-state index in [1.165, 1.54) is 18.5 Å². The van der Waals surface area contributed by atoms with Crippen molar-refractivity contribution in [3.05, 3.63) is 34.2 Å². The molecule has 5 nitrogen and oxygen atoms in total. The van der Waals surface area contributed by atoms with Crippen molar-refractivity contribution in [3.63, 3.8) is 0 Å². The van der Waals surface area contributed by atoms with E-state index in [0.717, 1.165) is 32.2 Å². The zero-order valence-corrected chi connectivity index (χ0v) is 10.4. The van der Waals surface area contributed by atoms with Crippen molar-refractivity contribution in [3.8, 4) is 0 Å². The van der Waals surface area contributed by atoms with Gasteiger partial charge in [0.05, 0.1) is 0 Å². The average Bonchev–Trinajstić information content (AvgIpc) is 2.40. The first kappa shape index (κ1) is 12.8. The van der Waals surface area contributed by atoms with Gasteiger partial charge in [0.25, 0.3) is 5.91 Å². The van der Waals surface area contributed by atoms with Crippen LogP contribution < -0.4 is 11.2 Å². The minimum absolute atomic E-state index is 0.171. The van der Waals surface area contributed by atoms with Crippen molar-refractivity contribution in [2.24, 2.45) is 5.73 Å². The summed E-state index contributed by atoms with van der Waals surface area (Å²) in [6.07, 6.45) is 6.92. The number of hydrogen-bond donors (Lipinski definition) is 2. The summed E-state index contributed by atoms with van der Waals surface area (Å²) < 4.78 is 0. The topological polar surface area (TPSA) is 79.2 Å². The monoisotopic (exact) mass is 249 g/mol. The number of pyridine rings is 1. The van der Waals surface area contributed by atoms with Gasteiger partial charge in [0.1, 0.15) is 5.56 Å². The predicted molar refractivity (Wildman–Crippen MR) is 69.4 cm³/mol. The molecular weight excluding hydrogens is 230 g/mol. The fraction of sp³-hybridized carbons (Fsp3) is 0.538. The highest BCUT2D eigenvalue weighted by Crippen LogP contribution is 2.20. The molecule has 1 aromatic rings. The smallest absolute Gasteiger partial charge is 0.259 e. The number of nitrogens with one attached hydrogen (secondary N) is 1. The van der Waals surface area contributed by atoms with Gasteiger partial charge in [0.15, 0.2) is 5.43 Å². The Balaban J connectivity index is 2.21. The minimum atomic E-state index is -0.226. The summed E-state index contributed by atoms with van der Waals surface area (Å²) in [5.41, 5.74) is 5.58. The first-order chi connectivity index (χ1) is 8.74. The van der Waals surface area contributed by atoms with E-state index in [0.29, 0.717) is 6.54 Å². The van der Waals surface area contributed by atoms with Crippen LogP contribution in [0.2, 0.25) is 0 Å². The molecule has 2 rings (SSSR count). The molecule has 1 aliphatic heterocycles. The molecule has 1 amide bonds. The van der Waals surface area contributed by atoms with Crippen LogP contribution in [0.15, 0.2) is 23.3 Å². The van der Waals surface area contributed by atoms with Crippen molar-refractivity contribution >= 4 is 5.91 Å². The quantitative estimate of drug-likeness (QED) is 0.828. The lowest BCUT2D eigenvalue weighted by Gasteiger charge is -2.35. The van der Waals surface area contributed by atoms with Gasteiger partial charge in [-0.1, -0.05) is 0 Å². The molecule has 98 valence electrons. The summed E-state index contributed by atoms with van der Waals surface area (Å²) in [4.78, 5) is 28.6. The van der Waals surface area contributed by atoms with E-state index in [1.54, 1.807) is 4.90 Å². The Morgan fingerprint density at radius 1 is 1.50 bits per heavy atom. The summed E-state index contributed by atoms with van der Waals surface area (Å²) >= 11 is 0. The highest BCUT2D eigenvalue weighted by molar-refractivity contribution is 5.94. The Labute approximate surface area is 106 Å². The zero-order valence-electron chi connectivity index (χ0n) is 10.4. The molecule has 1 atom stereocenters. The highest BCUT2D eigenvalue weighted by atomic mass is 16.2. The summed E-state index contributed by atoms with van der Waals surface area (Å²) in [7, 11) is 0. The first-order valence-corrected chi connectivity index (χ1v) is 6.42. The second-order valence-electron chi connectivity index (χ2n) is 4.65. The number of rotatable bonds is 3. The van der Waals surface area contributed by atoms with E-state index in [9.17, 15) is 9.59 Å². The first-order valence-electron chi connectivity index (χ1n) is 6.42. The molecule has 1 fully saturated rings. The molecule has 0 saturated carbocycles. The number of H-pyrrole nitrogens is 1. The van der Waals surface area contributed by atoms with E-state index in [4.69, 9.17) is 5.73 Å². The average molecular weight is 249 g/mol. The number of amides is 1. The van der Waals surface area contributed by atoms with Crippen molar-refractivity contribution in [1.82, 2.24) is 9.88 Å². The summed E-state index contributed by atoms with van der Waals surface area (Å²) in [5.74, 6) is -0.171. The van der Waals surface area contributed by atoms with E-state index in [-0.39, 0.29) is 22.9 Å². The Kier molecular flexibility index (Phi) is 4.15. The molecule has 1 aliphatic rings. The van der Waals surface area contributed by atoms with Crippen molar-refractivity contribution < 1.29 is 4.79 Å². The van der Waals surface area contributed by atoms with E-state index < -0.39 is 0 Å². The molecule has 1 aromatic heterocycles. The third kappa shape index (κ3) is 2.61. The van der Waals surface area contributed by atoms with Gasteiger partial charge < -0.3 is 15.6 Å². The third-order valence-corrected chi connectivity index (χ3v) is 3.44. The molecule has 0 aliphatic carbocycles. The maximum Gasteiger partial charge on any atom is 0.259 e.